The second-order valence-corrected chi connectivity index (χ2v) is 13.6. The molecule has 6 aromatic rings. The van der Waals surface area contributed by atoms with E-state index in [1.54, 1.807) is 7.11 Å². The number of aryl methyl sites for hydroxylation is 2. The van der Waals surface area contributed by atoms with Gasteiger partial charge in [-0.05, 0) is 97.0 Å². The molecular weight excluding hydrogens is 584 g/mol. The average molecular weight is 623 g/mol. The molecule has 2 fully saturated rings. The molecule has 0 N–H and O–H groups in total. The molecule has 4 aromatic heterocycles. The van der Waals surface area contributed by atoms with Gasteiger partial charge in [0, 0.05) is 42.5 Å². The number of amides is 1. The fraction of sp³-hybridized carbons (Fsp3) is 0.333. The lowest BCUT2D eigenvalue weighted by atomic mass is 9.96. The number of carbonyl (C=O) groups is 1. The maximum Gasteiger partial charge on any atom is 0.254 e. The van der Waals surface area contributed by atoms with Gasteiger partial charge in [0.25, 0.3) is 5.91 Å². The number of hydrogen-bond acceptors (Lipinski definition) is 5. The number of hydrogen-bond donors (Lipinski definition) is 0. The fourth-order valence-electron chi connectivity index (χ4n) is 8.59. The number of nitrogens with zero attached hydrogens (tertiary/aromatic N) is 6. The van der Waals surface area contributed by atoms with Gasteiger partial charge in [-0.2, -0.15) is 0 Å². The highest BCUT2D eigenvalue weighted by atomic mass is 16.5. The molecule has 1 saturated heterocycles. The van der Waals surface area contributed by atoms with Crippen molar-refractivity contribution < 1.29 is 9.53 Å². The van der Waals surface area contributed by atoms with Crippen molar-refractivity contribution in [2.45, 2.75) is 58.2 Å². The van der Waals surface area contributed by atoms with Crippen molar-refractivity contribution in [1.29, 1.82) is 0 Å². The number of methoxy groups -OCH3 is 1. The number of likely N-dealkylation sites (tertiary alicyclic amines) is 1. The molecule has 8 nitrogen and oxygen atoms in total. The topological polar surface area (TPSA) is 78.1 Å². The Morgan fingerprint density at radius 3 is 2.74 bits per heavy atom. The molecule has 2 aliphatic heterocycles. The highest BCUT2D eigenvalue weighted by Gasteiger charge is 2.46. The van der Waals surface area contributed by atoms with E-state index in [9.17, 15) is 4.79 Å². The third-order valence-electron chi connectivity index (χ3n) is 11.0. The molecular formula is C39H38N6O2. The van der Waals surface area contributed by atoms with Gasteiger partial charge in [-0.25, -0.2) is 4.98 Å². The van der Waals surface area contributed by atoms with Gasteiger partial charge in [0.05, 0.1) is 42.3 Å². The Morgan fingerprint density at radius 1 is 0.979 bits per heavy atom. The van der Waals surface area contributed by atoms with Gasteiger partial charge in [0.15, 0.2) is 5.82 Å². The standard InChI is InChI=1S/C39H38N6O2/c1-24-28-10-11-33(24)44(22-28)39(46)29-18-32-37(36(20-29)47-2)45-23-30-17-26(13-15-41-30)31-9-4-3-7-25(31)8-5-6-16-43-34(38(45)42-32)19-27-12-14-40-21-35(27)43/h3-4,7,9,12-15,17-21,24,28,33H,5-6,8,10-11,16,22-23H2,1-2H3/t24-,28?,33?/m1/s1. The first-order valence-corrected chi connectivity index (χ1v) is 16.9. The monoisotopic (exact) mass is 622 g/mol. The summed E-state index contributed by atoms with van der Waals surface area (Å²) < 4.78 is 10.7. The number of imidazole rings is 1. The first kappa shape index (κ1) is 28.3. The summed E-state index contributed by atoms with van der Waals surface area (Å²) in [4.78, 5) is 30.8. The van der Waals surface area contributed by atoms with Gasteiger partial charge in [-0.3, -0.25) is 14.8 Å². The van der Waals surface area contributed by atoms with E-state index in [0.717, 1.165) is 77.9 Å². The summed E-state index contributed by atoms with van der Waals surface area (Å²) in [6.45, 7) is 4.48. The lowest BCUT2D eigenvalue weighted by Crippen LogP contribution is -2.38. The van der Waals surface area contributed by atoms with E-state index in [4.69, 9.17) is 14.7 Å². The highest BCUT2D eigenvalue weighted by molar-refractivity contribution is 6.00. The predicted molar refractivity (Wildman–Crippen MR) is 183 cm³/mol. The molecule has 47 heavy (non-hydrogen) atoms. The fourth-order valence-corrected chi connectivity index (χ4v) is 8.59. The zero-order valence-electron chi connectivity index (χ0n) is 26.9. The Hall–Kier alpha value is -4.98. The molecule has 3 aliphatic rings. The zero-order valence-corrected chi connectivity index (χ0v) is 26.9. The highest BCUT2D eigenvalue weighted by Crippen LogP contribution is 2.44. The van der Waals surface area contributed by atoms with E-state index in [2.05, 4.69) is 74.5 Å². The second-order valence-electron chi connectivity index (χ2n) is 13.6. The SMILES string of the molecule is COc1cc(C(=O)N2CC3CCC2[C@@H]3C)cc2nc3n(c12)Cc1cc(ccn1)-c1ccccc1CCCCn1c-3cc2ccncc21. The summed E-state index contributed by atoms with van der Waals surface area (Å²) in [6, 6.07) is 21.5. The Labute approximate surface area is 274 Å². The minimum absolute atomic E-state index is 0.0759. The largest absolute Gasteiger partial charge is 0.494 e. The van der Waals surface area contributed by atoms with Gasteiger partial charge in [0.1, 0.15) is 11.3 Å². The third kappa shape index (κ3) is 4.56. The predicted octanol–water partition coefficient (Wildman–Crippen LogP) is 7.38. The Bertz CT molecular complexity index is 2180. The minimum atomic E-state index is 0.0759. The van der Waals surface area contributed by atoms with Crippen LogP contribution in [0.3, 0.4) is 0 Å². The average Bonchev–Trinajstić information content (AvgIpc) is 3.85. The van der Waals surface area contributed by atoms with Crippen LogP contribution in [0.1, 0.15) is 54.2 Å². The lowest BCUT2D eigenvalue weighted by molar-refractivity contribution is 0.0696. The van der Waals surface area contributed by atoms with Gasteiger partial charge in [-0.1, -0.05) is 31.2 Å². The molecule has 4 bridgehead atoms. The van der Waals surface area contributed by atoms with Crippen molar-refractivity contribution in [3.63, 3.8) is 0 Å². The van der Waals surface area contributed by atoms with E-state index in [1.807, 2.05) is 30.7 Å². The number of piperidine rings is 1. The molecule has 1 saturated carbocycles. The van der Waals surface area contributed by atoms with Crippen molar-refractivity contribution in [1.82, 2.24) is 29.0 Å². The molecule has 236 valence electrons. The summed E-state index contributed by atoms with van der Waals surface area (Å²) in [7, 11) is 1.68. The molecule has 2 aromatic carbocycles. The molecule has 0 radical (unpaired) electrons. The maximum absolute atomic E-state index is 14.0. The number of ether oxygens (including phenoxy) is 1. The first-order chi connectivity index (χ1) is 23.1. The van der Waals surface area contributed by atoms with Gasteiger partial charge < -0.3 is 18.8 Å². The van der Waals surface area contributed by atoms with Crippen LogP contribution in [0.2, 0.25) is 0 Å². The summed E-state index contributed by atoms with van der Waals surface area (Å²) in [5.41, 5.74) is 9.09. The lowest BCUT2D eigenvalue weighted by Gasteiger charge is -2.27. The maximum atomic E-state index is 14.0. The van der Waals surface area contributed by atoms with Gasteiger partial charge in [0.2, 0.25) is 0 Å². The number of rotatable bonds is 2. The van der Waals surface area contributed by atoms with Crippen molar-refractivity contribution in [2.75, 3.05) is 13.7 Å². The number of fused-ring (bicyclic) bond motifs is 13. The van der Waals surface area contributed by atoms with E-state index < -0.39 is 0 Å². The molecule has 8 heteroatoms. The van der Waals surface area contributed by atoms with Crippen LogP contribution in [-0.2, 0) is 19.5 Å². The number of benzene rings is 2. The quantitative estimate of drug-likeness (QED) is 0.201. The van der Waals surface area contributed by atoms with Crippen LogP contribution in [0.5, 0.6) is 5.75 Å². The van der Waals surface area contributed by atoms with E-state index in [1.165, 1.54) is 23.1 Å². The summed E-state index contributed by atoms with van der Waals surface area (Å²) >= 11 is 0. The Morgan fingerprint density at radius 2 is 1.89 bits per heavy atom. The molecule has 6 heterocycles. The van der Waals surface area contributed by atoms with Crippen LogP contribution in [0.25, 0.3) is 44.6 Å². The molecule has 3 atom stereocenters. The Balaban J connectivity index is 1.25. The first-order valence-electron chi connectivity index (χ1n) is 16.9. The second kappa shape index (κ2) is 11.1. The summed E-state index contributed by atoms with van der Waals surface area (Å²) in [5, 5.41) is 1.13. The van der Waals surface area contributed by atoms with Crippen LogP contribution < -0.4 is 4.74 Å². The number of aromatic nitrogens is 5. The molecule has 9 rings (SSSR count). The van der Waals surface area contributed by atoms with Crippen molar-refractivity contribution in [3.8, 4) is 28.4 Å². The van der Waals surface area contributed by atoms with Crippen LogP contribution in [0, 0.1) is 11.8 Å². The third-order valence-corrected chi connectivity index (χ3v) is 11.0. The van der Waals surface area contributed by atoms with Crippen molar-refractivity contribution >= 4 is 27.8 Å². The summed E-state index contributed by atoms with van der Waals surface area (Å²) in [6.07, 6.45) is 11.1. The number of carbonyl (C=O) groups excluding carboxylic acids is 1. The van der Waals surface area contributed by atoms with E-state index in [0.29, 0.717) is 35.7 Å². The van der Waals surface area contributed by atoms with Crippen LogP contribution in [-0.4, -0.2) is 54.6 Å². The Kier molecular flexibility index (Phi) is 6.66. The van der Waals surface area contributed by atoms with Gasteiger partial charge >= 0.3 is 0 Å². The van der Waals surface area contributed by atoms with Crippen molar-refractivity contribution in [3.05, 3.63) is 96.1 Å². The van der Waals surface area contributed by atoms with Gasteiger partial charge in [-0.15, -0.1) is 0 Å². The molecule has 0 spiro atoms. The molecule has 1 amide bonds. The number of pyridine rings is 2. The van der Waals surface area contributed by atoms with Crippen molar-refractivity contribution in [2.24, 2.45) is 11.8 Å². The zero-order chi connectivity index (χ0) is 31.6. The summed E-state index contributed by atoms with van der Waals surface area (Å²) in [5.74, 6) is 2.71. The minimum Gasteiger partial charge on any atom is -0.494 e. The molecule has 1 aliphatic carbocycles. The van der Waals surface area contributed by atoms with E-state index >= 15 is 0 Å². The van der Waals surface area contributed by atoms with Crippen LogP contribution >= 0.6 is 0 Å². The smallest absolute Gasteiger partial charge is 0.254 e. The normalized spacial score (nSPS) is 20.6. The van der Waals surface area contributed by atoms with E-state index in [-0.39, 0.29) is 5.91 Å². The van der Waals surface area contributed by atoms with Crippen LogP contribution in [0.15, 0.2) is 79.3 Å². The van der Waals surface area contributed by atoms with Crippen LogP contribution in [0.4, 0.5) is 0 Å². The molecule has 2 unspecified atom stereocenters.